The Morgan fingerprint density at radius 3 is 2.21 bits per heavy atom. The molecule has 0 unspecified atom stereocenters. The number of pyridine rings is 1. The van der Waals surface area contributed by atoms with Gasteiger partial charge in [0.1, 0.15) is 6.26 Å². The molecule has 4 nitrogen and oxygen atoms in total. The van der Waals surface area contributed by atoms with Crippen LogP contribution in [0.1, 0.15) is 55.2 Å². The van der Waals surface area contributed by atoms with Crippen LogP contribution in [0.2, 0.25) is 0 Å². The summed E-state index contributed by atoms with van der Waals surface area (Å²) in [4.78, 5) is 19.7. The molecule has 0 N–H and O–H groups in total. The second-order valence-corrected chi connectivity index (χ2v) is 3.29. The third-order valence-corrected chi connectivity index (χ3v) is 2.23. The molecule has 19 heavy (non-hydrogen) atoms. The summed E-state index contributed by atoms with van der Waals surface area (Å²) in [5.74, 6) is -0.143. The van der Waals surface area contributed by atoms with E-state index in [-0.39, 0.29) is 11.7 Å². The van der Waals surface area contributed by atoms with Gasteiger partial charge in [-0.25, -0.2) is 4.98 Å². The summed E-state index contributed by atoms with van der Waals surface area (Å²) in [6.45, 7) is 11.8. The summed E-state index contributed by atoms with van der Waals surface area (Å²) in [6.07, 6.45) is 4.36. The minimum absolute atomic E-state index is 0.0973. The minimum Gasteiger partial charge on any atom is -0.442 e. The lowest BCUT2D eigenvalue weighted by molar-refractivity contribution is 0.100. The fraction of sp³-hybridized carbons (Fsp3) is 0.400. The number of aromatic nitrogens is 2. The summed E-state index contributed by atoms with van der Waals surface area (Å²) in [5.41, 5.74) is 2.40. The molecule has 0 radical (unpaired) electrons. The Balaban J connectivity index is 0.000000741. The second-order valence-electron chi connectivity index (χ2n) is 3.29. The number of rotatable bonds is 2. The molecule has 0 aromatic carbocycles. The molecule has 0 aliphatic rings. The topological polar surface area (TPSA) is 56.0 Å². The quantitative estimate of drug-likeness (QED) is 0.768. The summed E-state index contributed by atoms with van der Waals surface area (Å²) < 4.78 is 4.93. The molecular weight excluding hydrogens is 240 g/mol. The van der Waals surface area contributed by atoms with Crippen molar-refractivity contribution >= 4 is 5.78 Å². The average Bonchev–Trinajstić information content (AvgIpc) is 3.00. The minimum atomic E-state index is -0.240. The Labute approximate surface area is 114 Å². The fourth-order valence-corrected chi connectivity index (χ4v) is 1.23. The van der Waals surface area contributed by atoms with Crippen LogP contribution in [0.5, 0.6) is 0 Å². The Morgan fingerprint density at radius 1 is 1.11 bits per heavy atom. The van der Waals surface area contributed by atoms with Gasteiger partial charge in [0.15, 0.2) is 0 Å². The highest BCUT2D eigenvalue weighted by atomic mass is 16.3. The Hall–Kier alpha value is -1.97. The van der Waals surface area contributed by atoms with E-state index in [0.717, 1.165) is 11.3 Å². The molecule has 2 aromatic rings. The van der Waals surface area contributed by atoms with Gasteiger partial charge in [-0.05, 0) is 25.5 Å². The number of hydrogen-bond donors (Lipinski definition) is 0. The van der Waals surface area contributed by atoms with Crippen molar-refractivity contribution in [3.05, 3.63) is 47.4 Å². The van der Waals surface area contributed by atoms with Gasteiger partial charge in [-0.15, -0.1) is 0 Å². The van der Waals surface area contributed by atoms with Gasteiger partial charge in [0.25, 0.3) is 5.89 Å². The standard InChI is InChI=1S/C11H10N2O2.2C2H6/c1-7-5-9(6-13-8(7)2)10(14)11-12-3-4-15-11;2*1-2/h3-6H,1-2H3;2*1-2H3. The van der Waals surface area contributed by atoms with E-state index in [1.54, 1.807) is 6.07 Å². The van der Waals surface area contributed by atoms with E-state index in [4.69, 9.17) is 4.42 Å². The third-order valence-electron chi connectivity index (χ3n) is 2.23. The number of oxazole rings is 1. The van der Waals surface area contributed by atoms with Gasteiger partial charge < -0.3 is 4.42 Å². The van der Waals surface area contributed by atoms with Gasteiger partial charge in [0.05, 0.1) is 6.20 Å². The molecule has 0 aliphatic heterocycles. The molecule has 2 rings (SSSR count). The molecule has 4 heteroatoms. The van der Waals surface area contributed by atoms with Gasteiger partial charge >= 0.3 is 0 Å². The van der Waals surface area contributed by atoms with Crippen LogP contribution in [0.25, 0.3) is 0 Å². The normalized spacial score (nSPS) is 8.74. The summed E-state index contributed by atoms with van der Waals surface area (Å²) in [7, 11) is 0. The van der Waals surface area contributed by atoms with E-state index in [9.17, 15) is 4.79 Å². The van der Waals surface area contributed by atoms with Crippen molar-refractivity contribution in [1.29, 1.82) is 0 Å². The van der Waals surface area contributed by atoms with Crippen LogP contribution >= 0.6 is 0 Å². The number of carbonyl (C=O) groups excluding carboxylic acids is 1. The molecule has 0 atom stereocenters. The fourth-order valence-electron chi connectivity index (χ4n) is 1.23. The Kier molecular flexibility index (Phi) is 8.09. The SMILES string of the molecule is CC.CC.Cc1cc(C(=O)c2ncco2)cnc1C. The lowest BCUT2D eigenvalue weighted by Gasteiger charge is -2.00. The van der Waals surface area contributed by atoms with Crippen LogP contribution in [0.15, 0.2) is 29.1 Å². The van der Waals surface area contributed by atoms with E-state index in [1.165, 1.54) is 18.7 Å². The number of carbonyl (C=O) groups is 1. The molecule has 0 amide bonds. The van der Waals surface area contributed by atoms with Crippen LogP contribution in [0.3, 0.4) is 0 Å². The zero-order chi connectivity index (χ0) is 14.8. The largest absolute Gasteiger partial charge is 0.442 e. The van der Waals surface area contributed by atoms with E-state index < -0.39 is 0 Å². The number of ketones is 1. The number of aryl methyl sites for hydroxylation is 2. The Morgan fingerprint density at radius 2 is 1.74 bits per heavy atom. The molecule has 0 fully saturated rings. The number of hydrogen-bond acceptors (Lipinski definition) is 4. The monoisotopic (exact) mass is 262 g/mol. The molecule has 0 spiro atoms. The maximum absolute atomic E-state index is 11.8. The van der Waals surface area contributed by atoms with Crippen molar-refractivity contribution in [3.63, 3.8) is 0 Å². The first-order chi connectivity index (χ1) is 9.18. The molecule has 0 aliphatic carbocycles. The highest BCUT2D eigenvalue weighted by molar-refractivity contribution is 6.05. The predicted molar refractivity (Wildman–Crippen MR) is 76.3 cm³/mol. The van der Waals surface area contributed by atoms with Crippen molar-refractivity contribution in [2.75, 3.05) is 0 Å². The van der Waals surface area contributed by atoms with Gasteiger partial charge in [-0.2, -0.15) is 0 Å². The van der Waals surface area contributed by atoms with Crippen molar-refractivity contribution in [3.8, 4) is 0 Å². The molecule has 2 heterocycles. The van der Waals surface area contributed by atoms with Crippen molar-refractivity contribution in [2.45, 2.75) is 41.5 Å². The summed E-state index contributed by atoms with van der Waals surface area (Å²) in [6, 6.07) is 1.79. The van der Waals surface area contributed by atoms with Gasteiger partial charge in [-0.3, -0.25) is 9.78 Å². The van der Waals surface area contributed by atoms with E-state index in [2.05, 4.69) is 9.97 Å². The van der Waals surface area contributed by atoms with Crippen LogP contribution in [0, 0.1) is 13.8 Å². The maximum atomic E-state index is 11.8. The van der Waals surface area contributed by atoms with Gasteiger partial charge in [0.2, 0.25) is 5.78 Å². The zero-order valence-corrected chi connectivity index (χ0v) is 12.5. The van der Waals surface area contributed by atoms with Gasteiger partial charge in [0, 0.05) is 17.5 Å². The average molecular weight is 262 g/mol. The van der Waals surface area contributed by atoms with Crippen LogP contribution < -0.4 is 0 Å². The zero-order valence-electron chi connectivity index (χ0n) is 12.5. The molecule has 0 bridgehead atoms. The second kappa shape index (κ2) is 9.03. The lowest BCUT2D eigenvalue weighted by atomic mass is 10.1. The predicted octanol–water partition coefficient (Wildman–Crippen LogP) is 3.97. The van der Waals surface area contributed by atoms with Crippen LogP contribution in [0.4, 0.5) is 0 Å². The summed E-state index contributed by atoms with van der Waals surface area (Å²) >= 11 is 0. The third kappa shape index (κ3) is 4.66. The molecule has 0 saturated heterocycles. The van der Waals surface area contributed by atoms with E-state index in [0.29, 0.717) is 5.56 Å². The molecule has 0 saturated carbocycles. The van der Waals surface area contributed by atoms with Crippen LogP contribution in [-0.2, 0) is 0 Å². The number of nitrogens with zero attached hydrogens (tertiary/aromatic N) is 2. The van der Waals surface area contributed by atoms with Crippen molar-refractivity contribution < 1.29 is 9.21 Å². The molecule has 104 valence electrons. The maximum Gasteiger partial charge on any atom is 0.268 e. The van der Waals surface area contributed by atoms with Gasteiger partial charge in [-0.1, -0.05) is 27.7 Å². The first-order valence-electron chi connectivity index (χ1n) is 6.56. The first-order valence-corrected chi connectivity index (χ1v) is 6.56. The van der Waals surface area contributed by atoms with Crippen LogP contribution in [-0.4, -0.2) is 15.8 Å². The van der Waals surface area contributed by atoms with Crippen molar-refractivity contribution in [2.24, 2.45) is 0 Å². The van der Waals surface area contributed by atoms with Crippen molar-refractivity contribution in [1.82, 2.24) is 9.97 Å². The Bertz CT molecular complexity index is 491. The smallest absolute Gasteiger partial charge is 0.268 e. The first kappa shape index (κ1) is 17.0. The summed E-state index contributed by atoms with van der Waals surface area (Å²) in [5, 5.41) is 0. The lowest BCUT2D eigenvalue weighted by Crippen LogP contribution is -2.03. The molecule has 2 aromatic heterocycles. The highest BCUT2D eigenvalue weighted by Gasteiger charge is 2.14. The van der Waals surface area contributed by atoms with E-state index >= 15 is 0 Å². The molecular formula is C15H22N2O2. The van der Waals surface area contributed by atoms with E-state index in [1.807, 2.05) is 41.5 Å². The highest BCUT2D eigenvalue weighted by Crippen LogP contribution is 2.10.